The average molecular weight is 365 g/mol. The van der Waals surface area contributed by atoms with E-state index in [9.17, 15) is 8.78 Å². The van der Waals surface area contributed by atoms with Gasteiger partial charge in [-0.2, -0.15) is 0 Å². The van der Waals surface area contributed by atoms with Crippen LogP contribution in [0.25, 0.3) is 0 Å². The first-order valence-corrected chi connectivity index (χ1v) is 7.95. The molecule has 2 N–H and O–H groups in total. The van der Waals surface area contributed by atoms with Crippen molar-refractivity contribution in [3.63, 3.8) is 0 Å². The van der Waals surface area contributed by atoms with Crippen molar-refractivity contribution >= 4 is 12.4 Å². The van der Waals surface area contributed by atoms with Crippen LogP contribution in [0.3, 0.4) is 0 Å². The highest BCUT2D eigenvalue weighted by Gasteiger charge is 2.43. The van der Waals surface area contributed by atoms with Crippen LogP contribution in [0.1, 0.15) is 32.4 Å². The Bertz CT molecular complexity index is 500. The zero-order chi connectivity index (χ0) is 17.1. The minimum absolute atomic E-state index is 0. The number of aliphatic hydroxyl groups excluding tert-OH is 1. The number of ether oxygens (including phenoxy) is 1. The molecule has 4 nitrogen and oxygen atoms in total. The fourth-order valence-electron chi connectivity index (χ4n) is 2.82. The molecule has 0 saturated carbocycles. The molecule has 1 aromatic carbocycles. The summed E-state index contributed by atoms with van der Waals surface area (Å²) in [6.45, 7) is 7.04. The second-order valence-corrected chi connectivity index (χ2v) is 6.89. The van der Waals surface area contributed by atoms with Crippen LogP contribution in [0.4, 0.5) is 8.78 Å². The lowest BCUT2D eigenvalue weighted by molar-refractivity contribution is -0.118. The summed E-state index contributed by atoms with van der Waals surface area (Å²) in [6, 6.07) is 5.62. The van der Waals surface area contributed by atoms with Crippen molar-refractivity contribution in [2.75, 3.05) is 32.8 Å². The van der Waals surface area contributed by atoms with Crippen LogP contribution < -0.4 is 10.1 Å². The van der Waals surface area contributed by atoms with Gasteiger partial charge >= 0.3 is 0 Å². The highest BCUT2D eigenvalue weighted by atomic mass is 35.5. The highest BCUT2D eigenvalue weighted by molar-refractivity contribution is 5.85. The lowest BCUT2D eigenvalue weighted by Crippen LogP contribution is -2.51. The fraction of sp³-hybridized carbons (Fsp3) is 0.647. The van der Waals surface area contributed by atoms with Gasteiger partial charge in [0.2, 0.25) is 0 Å². The smallest absolute Gasteiger partial charge is 0.289 e. The summed E-state index contributed by atoms with van der Waals surface area (Å²) in [4.78, 5) is 1.73. The SMILES string of the molecule is CC(C)(C)Oc1ccc([C@@H](N2CCNCC2)C(F)(F)CO)cc1.Cl. The third kappa shape index (κ3) is 5.55. The number of hydrogen-bond acceptors (Lipinski definition) is 4. The molecule has 0 radical (unpaired) electrons. The Kier molecular flexibility index (Phi) is 7.41. The van der Waals surface area contributed by atoms with Gasteiger partial charge in [-0.3, -0.25) is 4.90 Å². The van der Waals surface area contributed by atoms with Gasteiger partial charge in [-0.15, -0.1) is 12.4 Å². The van der Waals surface area contributed by atoms with Crippen molar-refractivity contribution in [2.24, 2.45) is 0 Å². The second kappa shape index (κ2) is 8.43. The van der Waals surface area contributed by atoms with E-state index in [1.54, 1.807) is 29.2 Å². The Morgan fingerprint density at radius 2 is 1.71 bits per heavy atom. The quantitative estimate of drug-likeness (QED) is 0.843. The maximum atomic E-state index is 14.3. The van der Waals surface area contributed by atoms with Gasteiger partial charge in [0.05, 0.1) is 0 Å². The van der Waals surface area contributed by atoms with Crippen LogP contribution in [0.15, 0.2) is 24.3 Å². The molecule has 0 aromatic heterocycles. The normalized spacial score (nSPS) is 17.9. The molecule has 2 rings (SSSR count). The summed E-state index contributed by atoms with van der Waals surface area (Å²) in [5.74, 6) is -2.54. The summed E-state index contributed by atoms with van der Waals surface area (Å²) >= 11 is 0. The Balaban J connectivity index is 0.00000288. The van der Waals surface area contributed by atoms with Crippen LogP contribution in [-0.4, -0.2) is 54.3 Å². The molecule has 1 aliphatic heterocycles. The van der Waals surface area contributed by atoms with Gasteiger partial charge in [0, 0.05) is 26.2 Å². The molecule has 1 atom stereocenters. The van der Waals surface area contributed by atoms with Gasteiger partial charge in [0.25, 0.3) is 5.92 Å². The van der Waals surface area contributed by atoms with E-state index in [4.69, 9.17) is 9.84 Å². The maximum absolute atomic E-state index is 14.3. The van der Waals surface area contributed by atoms with Crippen molar-refractivity contribution in [3.05, 3.63) is 29.8 Å². The number of piperazine rings is 1. The zero-order valence-electron chi connectivity index (χ0n) is 14.4. The van der Waals surface area contributed by atoms with Gasteiger partial charge in [-0.1, -0.05) is 12.1 Å². The standard InChI is InChI=1S/C17H26F2N2O2.ClH/c1-16(2,3)23-14-6-4-13(5-7-14)15(17(18,19)12-22)21-10-8-20-9-11-21;/h4-7,15,20,22H,8-12H2,1-3H3;1H/t15-;/m1./s1. The van der Waals surface area contributed by atoms with Crippen LogP contribution in [0.5, 0.6) is 5.75 Å². The monoisotopic (exact) mass is 364 g/mol. The van der Waals surface area contributed by atoms with Crippen LogP contribution in [0, 0.1) is 0 Å². The van der Waals surface area contributed by atoms with Crippen LogP contribution >= 0.6 is 12.4 Å². The summed E-state index contributed by atoms with van der Waals surface area (Å²) in [7, 11) is 0. The van der Waals surface area contributed by atoms with E-state index in [-0.39, 0.29) is 18.0 Å². The Labute approximate surface area is 148 Å². The average Bonchev–Trinajstić information content (AvgIpc) is 2.49. The van der Waals surface area contributed by atoms with E-state index in [0.29, 0.717) is 37.5 Å². The minimum Gasteiger partial charge on any atom is -0.488 e. The Hall–Kier alpha value is -0.950. The molecule has 1 aromatic rings. The molecule has 1 saturated heterocycles. The van der Waals surface area contributed by atoms with Gasteiger partial charge in [0.15, 0.2) is 0 Å². The molecule has 0 amide bonds. The largest absolute Gasteiger partial charge is 0.488 e. The summed E-state index contributed by atoms with van der Waals surface area (Å²) in [5, 5.41) is 12.3. The third-order valence-corrected chi connectivity index (χ3v) is 3.75. The number of benzene rings is 1. The fourth-order valence-corrected chi connectivity index (χ4v) is 2.82. The first-order valence-electron chi connectivity index (χ1n) is 7.95. The van der Waals surface area contributed by atoms with E-state index in [1.807, 2.05) is 20.8 Å². The molecule has 0 unspecified atom stereocenters. The molecule has 1 aliphatic rings. The minimum atomic E-state index is -3.19. The van der Waals surface area contributed by atoms with Gasteiger partial charge in [0.1, 0.15) is 24.0 Å². The molecule has 7 heteroatoms. The van der Waals surface area contributed by atoms with E-state index in [1.165, 1.54) is 0 Å². The molecule has 24 heavy (non-hydrogen) atoms. The molecule has 0 aliphatic carbocycles. The van der Waals surface area contributed by atoms with E-state index in [0.717, 1.165) is 0 Å². The van der Waals surface area contributed by atoms with Crippen molar-refractivity contribution in [3.8, 4) is 5.75 Å². The summed E-state index contributed by atoms with van der Waals surface area (Å²) in [6.07, 6.45) is 0. The van der Waals surface area contributed by atoms with Crippen molar-refractivity contribution in [2.45, 2.75) is 38.3 Å². The predicted molar refractivity (Wildman–Crippen MR) is 93.3 cm³/mol. The maximum Gasteiger partial charge on any atom is 0.289 e. The lowest BCUT2D eigenvalue weighted by atomic mass is 9.98. The van der Waals surface area contributed by atoms with E-state index in [2.05, 4.69) is 5.32 Å². The highest BCUT2D eigenvalue weighted by Crippen LogP contribution is 2.37. The number of nitrogens with zero attached hydrogens (tertiary/aromatic N) is 1. The molecule has 0 bridgehead atoms. The van der Waals surface area contributed by atoms with E-state index < -0.39 is 18.6 Å². The third-order valence-electron chi connectivity index (χ3n) is 3.75. The van der Waals surface area contributed by atoms with Crippen molar-refractivity contribution < 1.29 is 18.6 Å². The first-order chi connectivity index (χ1) is 10.7. The number of aliphatic hydroxyl groups is 1. The molecule has 1 fully saturated rings. The number of nitrogens with one attached hydrogen (secondary N) is 1. The molecule has 1 heterocycles. The molecular formula is C17H27ClF2N2O2. The van der Waals surface area contributed by atoms with Crippen molar-refractivity contribution in [1.82, 2.24) is 10.2 Å². The number of halogens is 3. The van der Waals surface area contributed by atoms with Crippen molar-refractivity contribution in [1.29, 1.82) is 0 Å². The van der Waals surface area contributed by atoms with Gasteiger partial charge in [-0.25, -0.2) is 8.78 Å². The van der Waals surface area contributed by atoms with E-state index >= 15 is 0 Å². The summed E-state index contributed by atoms with van der Waals surface area (Å²) < 4.78 is 34.4. The molecule has 138 valence electrons. The zero-order valence-corrected chi connectivity index (χ0v) is 15.2. The predicted octanol–water partition coefficient (Wildman–Crippen LogP) is 2.86. The number of alkyl halides is 2. The van der Waals surface area contributed by atoms with Gasteiger partial charge < -0.3 is 15.2 Å². The van der Waals surface area contributed by atoms with Crippen LogP contribution in [0.2, 0.25) is 0 Å². The Morgan fingerprint density at radius 1 is 1.17 bits per heavy atom. The first kappa shape index (κ1) is 21.1. The molecular weight excluding hydrogens is 338 g/mol. The molecule has 0 spiro atoms. The van der Waals surface area contributed by atoms with Crippen LogP contribution in [-0.2, 0) is 0 Å². The Morgan fingerprint density at radius 3 is 2.17 bits per heavy atom. The number of rotatable bonds is 5. The lowest BCUT2D eigenvalue weighted by Gasteiger charge is -2.38. The topological polar surface area (TPSA) is 44.7 Å². The summed E-state index contributed by atoms with van der Waals surface area (Å²) in [5.41, 5.74) is 0.154. The number of hydrogen-bond donors (Lipinski definition) is 2. The second-order valence-electron chi connectivity index (χ2n) is 6.89. The van der Waals surface area contributed by atoms with Gasteiger partial charge in [-0.05, 0) is 38.5 Å².